The molecule has 0 aromatic rings. The predicted molar refractivity (Wildman–Crippen MR) is 45.7 cm³/mol. The van der Waals surface area contributed by atoms with Gasteiger partial charge in [0.05, 0.1) is 5.92 Å². The second-order valence-corrected chi connectivity index (χ2v) is 3.79. The van der Waals surface area contributed by atoms with Crippen LogP contribution in [-0.4, -0.2) is 30.4 Å². The Morgan fingerprint density at radius 3 is 2.31 bits per heavy atom. The molecule has 5 heteroatoms. The summed E-state index contributed by atoms with van der Waals surface area (Å²) in [6.45, 7) is 1.42. The fourth-order valence-corrected chi connectivity index (χ4v) is 1.37. The smallest absolute Gasteiger partial charge is 0.243 e. The second-order valence-electron chi connectivity index (χ2n) is 3.79. The highest BCUT2D eigenvalue weighted by atomic mass is 16.2. The molecule has 0 aromatic carbocycles. The number of hydrogen-bond acceptors (Lipinski definition) is 3. The van der Waals surface area contributed by atoms with Crippen LogP contribution in [0, 0.1) is 5.92 Å². The van der Waals surface area contributed by atoms with Gasteiger partial charge in [0, 0.05) is 13.1 Å². The van der Waals surface area contributed by atoms with Gasteiger partial charge in [-0.05, 0) is 12.8 Å². The van der Waals surface area contributed by atoms with E-state index in [0.717, 1.165) is 0 Å². The van der Waals surface area contributed by atoms with Crippen molar-refractivity contribution >= 4 is 11.8 Å². The lowest BCUT2D eigenvalue weighted by molar-refractivity contribution is -0.131. The lowest BCUT2D eigenvalue weighted by Gasteiger charge is -2.27. The van der Waals surface area contributed by atoms with Gasteiger partial charge in [-0.25, -0.2) is 0 Å². The van der Waals surface area contributed by atoms with Crippen molar-refractivity contribution in [1.29, 1.82) is 0 Å². The Kier molecular flexibility index (Phi) is 1.76. The largest absolute Gasteiger partial charge is 0.368 e. The van der Waals surface area contributed by atoms with Crippen molar-refractivity contribution in [2.75, 3.05) is 13.1 Å². The molecule has 1 aliphatic carbocycles. The van der Waals surface area contributed by atoms with Crippen molar-refractivity contribution in [3.8, 4) is 0 Å². The molecule has 4 N–H and O–H groups in total. The van der Waals surface area contributed by atoms with Crippen molar-refractivity contribution in [1.82, 2.24) is 10.6 Å². The molecule has 1 saturated carbocycles. The molecule has 2 aliphatic rings. The number of amides is 2. The van der Waals surface area contributed by atoms with E-state index in [-0.39, 0.29) is 11.8 Å². The maximum Gasteiger partial charge on any atom is 0.243 e. The van der Waals surface area contributed by atoms with Gasteiger partial charge in [0.2, 0.25) is 11.8 Å². The summed E-state index contributed by atoms with van der Waals surface area (Å²) in [6.07, 6.45) is 1.38. The van der Waals surface area contributed by atoms with Crippen LogP contribution in [0.2, 0.25) is 0 Å². The molecule has 0 bridgehead atoms. The van der Waals surface area contributed by atoms with Gasteiger partial charge in [0.15, 0.2) is 0 Å². The molecule has 72 valence electrons. The van der Waals surface area contributed by atoms with Gasteiger partial charge in [-0.1, -0.05) is 0 Å². The van der Waals surface area contributed by atoms with Gasteiger partial charge in [0.25, 0.3) is 0 Å². The van der Waals surface area contributed by atoms with Crippen molar-refractivity contribution in [3.63, 3.8) is 0 Å². The topological polar surface area (TPSA) is 84.2 Å². The van der Waals surface area contributed by atoms with Crippen LogP contribution < -0.4 is 16.4 Å². The highest BCUT2D eigenvalue weighted by Gasteiger charge is 2.50. The summed E-state index contributed by atoms with van der Waals surface area (Å²) in [6, 6.07) is 0. The normalized spacial score (nSPS) is 24.6. The summed E-state index contributed by atoms with van der Waals surface area (Å²) in [5.41, 5.74) is 4.47. The molecule has 0 unspecified atom stereocenters. The molecule has 2 fully saturated rings. The zero-order valence-electron chi connectivity index (χ0n) is 7.30. The van der Waals surface area contributed by atoms with E-state index in [4.69, 9.17) is 5.73 Å². The Morgan fingerprint density at radius 1 is 1.38 bits per heavy atom. The van der Waals surface area contributed by atoms with Crippen LogP contribution in [0.3, 0.4) is 0 Å². The van der Waals surface area contributed by atoms with Crippen LogP contribution in [0.4, 0.5) is 0 Å². The number of rotatable bonds is 3. The van der Waals surface area contributed by atoms with E-state index in [1.165, 1.54) is 0 Å². The fraction of sp³-hybridized carbons (Fsp3) is 0.750. The van der Waals surface area contributed by atoms with Crippen LogP contribution in [0.1, 0.15) is 12.8 Å². The number of carbonyl (C=O) groups is 2. The van der Waals surface area contributed by atoms with Crippen LogP contribution in [0.25, 0.3) is 0 Å². The van der Waals surface area contributed by atoms with Gasteiger partial charge >= 0.3 is 0 Å². The molecule has 0 radical (unpaired) electrons. The van der Waals surface area contributed by atoms with Gasteiger partial charge in [-0.15, -0.1) is 0 Å². The first kappa shape index (κ1) is 8.50. The van der Waals surface area contributed by atoms with Crippen LogP contribution >= 0.6 is 0 Å². The zero-order chi connectivity index (χ0) is 9.47. The van der Waals surface area contributed by atoms with Gasteiger partial charge in [-0.2, -0.15) is 0 Å². The third-order valence-corrected chi connectivity index (χ3v) is 2.74. The Labute approximate surface area is 76.0 Å². The molecule has 0 spiro atoms. The molecule has 2 amide bonds. The molecule has 5 nitrogen and oxygen atoms in total. The predicted octanol–water partition coefficient (Wildman–Crippen LogP) is -1.66. The minimum Gasteiger partial charge on any atom is -0.368 e. The standard InChI is InChI=1S/C8H13N3O2/c9-7(13)8(1-2-8)11-6(12)5-3-10-4-5/h5,10H,1-4H2,(H2,9,13)(H,11,12). The van der Waals surface area contributed by atoms with E-state index in [2.05, 4.69) is 10.6 Å². The molecular formula is C8H13N3O2. The average molecular weight is 183 g/mol. The lowest BCUT2D eigenvalue weighted by Crippen LogP contribution is -2.56. The summed E-state index contributed by atoms with van der Waals surface area (Å²) in [4.78, 5) is 22.4. The minimum atomic E-state index is -0.702. The molecule has 1 saturated heterocycles. The maximum absolute atomic E-state index is 11.4. The molecule has 2 rings (SSSR count). The number of primary amides is 1. The number of carbonyl (C=O) groups excluding carboxylic acids is 2. The molecular weight excluding hydrogens is 170 g/mol. The van der Waals surface area contributed by atoms with E-state index in [9.17, 15) is 9.59 Å². The number of hydrogen-bond donors (Lipinski definition) is 3. The highest BCUT2D eigenvalue weighted by Crippen LogP contribution is 2.35. The molecule has 13 heavy (non-hydrogen) atoms. The highest BCUT2D eigenvalue weighted by molar-refractivity contribution is 5.93. The van der Waals surface area contributed by atoms with E-state index in [1.807, 2.05) is 0 Å². The molecule has 1 heterocycles. The SMILES string of the molecule is NC(=O)C1(NC(=O)C2CNC2)CC1. The van der Waals surface area contributed by atoms with Crippen molar-refractivity contribution in [3.05, 3.63) is 0 Å². The number of nitrogens with one attached hydrogen (secondary N) is 2. The van der Waals surface area contributed by atoms with E-state index < -0.39 is 11.4 Å². The van der Waals surface area contributed by atoms with Crippen LogP contribution in [0.5, 0.6) is 0 Å². The minimum absolute atomic E-state index is 0.0248. The lowest BCUT2D eigenvalue weighted by atomic mass is 10.0. The Morgan fingerprint density at radius 2 is 2.00 bits per heavy atom. The summed E-state index contributed by atoms with van der Waals surface area (Å²) >= 11 is 0. The summed E-state index contributed by atoms with van der Waals surface area (Å²) in [5.74, 6) is -0.431. The van der Waals surface area contributed by atoms with E-state index in [1.54, 1.807) is 0 Å². The quantitative estimate of drug-likeness (QED) is 0.489. The molecule has 0 atom stereocenters. The number of nitrogens with two attached hydrogens (primary N) is 1. The van der Waals surface area contributed by atoms with Gasteiger partial charge in [0.1, 0.15) is 5.54 Å². The third-order valence-electron chi connectivity index (χ3n) is 2.74. The van der Waals surface area contributed by atoms with Crippen molar-refractivity contribution in [2.45, 2.75) is 18.4 Å². The van der Waals surface area contributed by atoms with Crippen molar-refractivity contribution in [2.24, 2.45) is 11.7 Å². The average Bonchev–Trinajstić information content (AvgIpc) is 2.64. The van der Waals surface area contributed by atoms with Gasteiger partial charge in [-0.3, -0.25) is 9.59 Å². The Bertz CT molecular complexity index is 256. The van der Waals surface area contributed by atoms with E-state index >= 15 is 0 Å². The third kappa shape index (κ3) is 1.39. The maximum atomic E-state index is 11.4. The second kappa shape index (κ2) is 2.70. The zero-order valence-corrected chi connectivity index (χ0v) is 7.30. The monoisotopic (exact) mass is 183 g/mol. The van der Waals surface area contributed by atoms with Gasteiger partial charge < -0.3 is 16.4 Å². The summed E-state index contributed by atoms with van der Waals surface area (Å²) in [7, 11) is 0. The fourth-order valence-electron chi connectivity index (χ4n) is 1.37. The summed E-state index contributed by atoms with van der Waals surface area (Å²) in [5, 5.41) is 5.72. The first-order valence-corrected chi connectivity index (χ1v) is 4.47. The first-order valence-electron chi connectivity index (χ1n) is 4.47. The molecule has 0 aromatic heterocycles. The summed E-state index contributed by atoms with van der Waals surface area (Å²) < 4.78 is 0. The Balaban J connectivity index is 1.90. The molecule has 1 aliphatic heterocycles. The van der Waals surface area contributed by atoms with Crippen molar-refractivity contribution < 1.29 is 9.59 Å². The Hall–Kier alpha value is -1.10. The van der Waals surface area contributed by atoms with Crippen LogP contribution in [-0.2, 0) is 9.59 Å². The first-order chi connectivity index (χ1) is 6.14. The van der Waals surface area contributed by atoms with Crippen LogP contribution in [0.15, 0.2) is 0 Å². The van der Waals surface area contributed by atoms with E-state index in [0.29, 0.717) is 25.9 Å².